The van der Waals surface area contributed by atoms with Gasteiger partial charge in [0.25, 0.3) is 0 Å². The van der Waals surface area contributed by atoms with Gasteiger partial charge in [0.2, 0.25) is 9.84 Å². The third-order valence-electron chi connectivity index (χ3n) is 4.88. The Bertz CT molecular complexity index is 1180. The van der Waals surface area contributed by atoms with Gasteiger partial charge in [0, 0.05) is 17.8 Å². The highest BCUT2D eigenvalue weighted by Crippen LogP contribution is 2.33. The Hall–Kier alpha value is -2.97. The quantitative estimate of drug-likeness (QED) is 0.441. The number of hydrogen-bond donors (Lipinski definition) is 4. The molecule has 1 heterocycles. The van der Waals surface area contributed by atoms with Gasteiger partial charge in [-0.1, -0.05) is 30.3 Å². The van der Waals surface area contributed by atoms with E-state index in [0.29, 0.717) is 22.3 Å². The van der Waals surface area contributed by atoms with E-state index in [2.05, 4.69) is 28.3 Å². The molecule has 1 aliphatic heterocycles. The minimum Gasteiger partial charge on any atom is -0.385 e. The van der Waals surface area contributed by atoms with Crippen molar-refractivity contribution in [2.45, 2.75) is 21.6 Å². The number of rotatable bonds is 6. The third-order valence-corrected chi connectivity index (χ3v) is 7.07. The van der Waals surface area contributed by atoms with Crippen molar-refractivity contribution in [3.63, 3.8) is 0 Å². The van der Waals surface area contributed by atoms with Crippen LogP contribution in [0.25, 0.3) is 0 Å². The minimum atomic E-state index is -3.49. The van der Waals surface area contributed by atoms with Gasteiger partial charge >= 0.3 is 0 Å². The van der Waals surface area contributed by atoms with Gasteiger partial charge in [0.1, 0.15) is 0 Å². The van der Waals surface area contributed by atoms with Crippen molar-refractivity contribution in [2.75, 3.05) is 11.9 Å². The number of benzene rings is 3. The van der Waals surface area contributed by atoms with E-state index >= 15 is 0 Å². The summed E-state index contributed by atoms with van der Waals surface area (Å²) in [6, 6.07) is 21.4. The molecule has 8 heteroatoms. The average Bonchev–Trinajstić information content (AvgIpc) is 2.75. The first-order valence-corrected chi connectivity index (χ1v) is 11.5. The summed E-state index contributed by atoms with van der Waals surface area (Å²) >= 11 is 4.51. The van der Waals surface area contributed by atoms with Crippen molar-refractivity contribution in [2.24, 2.45) is 10.7 Å². The van der Waals surface area contributed by atoms with Crippen LogP contribution < -0.4 is 16.4 Å². The van der Waals surface area contributed by atoms with Gasteiger partial charge in [-0.05, 0) is 54.4 Å². The molecule has 0 bridgehead atoms. The fourth-order valence-corrected chi connectivity index (χ4v) is 4.91. The minimum absolute atomic E-state index is 0.196. The average molecular weight is 439 g/mol. The number of guanidine groups is 1. The van der Waals surface area contributed by atoms with Crippen LogP contribution in [0.5, 0.6) is 0 Å². The van der Waals surface area contributed by atoms with E-state index in [0.717, 1.165) is 28.9 Å². The van der Waals surface area contributed by atoms with E-state index < -0.39 is 9.84 Å². The molecular formula is C22H22N4O2S2. The van der Waals surface area contributed by atoms with Gasteiger partial charge in [-0.2, -0.15) is 0 Å². The topological polar surface area (TPSA) is 96.6 Å². The van der Waals surface area contributed by atoms with Crippen molar-refractivity contribution < 1.29 is 8.42 Å². The van der Waals surface area contributed by atoms with Crippen molar-refractivity contribution >= 4 is 39.8 Å². The molecule has 0 radical (unpaired) electrons. The number of thiol groups is 1. The Balaban J connectivity index is 1.39. The molecule has 4 N–H and O–H groups in total. The van der Waals surface area contributed by atoms with Gasteiger partial charge in [0.05, 0.1) is 20.9 Å². The van der Waals surface area contributed by atoms with Gasteiger partial charge < -0.3 is 16.4 Å². The zero-order chi connectivity index (χ0) is 21.1. The molecule has 1 aliphatic rings. The van der Waals surface area contributed by atoms with E-state index in [-0.39, 0.29) is 5.37 Å². The summed E-state index contributed by atoms with van der Waals surface area (Å²) in [5.41, 5.74) is 9.53. The lowest BCUT2D eigenvalue weighted by atomic mass is 10.1. The maximum absolute atomic E-state index is 12.7. The van der Waals surface area contributed by atoms with Gasteiger partial charge in [-0.3, -0.25) is 0 Å². The lowest BCUT2D eigenvalue weighted by Crippen LogP contribution is -2.34. The molecule has 30 heavy (non-hydrogen) atoms. The monoisotopic (exact) mass is 438 g/mol. The van der Waals surface area contributed by atoms with Crippen LogP contribution in [-0.4, -0.2) is 20.9 Å². The van der Waals surface area contributed by atoms with E-state index in [4.69, 9.17) is 5.73 Å². The Morgan fingerprint density at radius 2 is 1.70 bits per heavy atom. The summed E-state index contributed by atoms with van der Waals surface area (Å²) < 4.78 is 25.3. The van der Waals surface area contributed by atoms with Crippen LogP contribution in [0.15, 0.2) is 87.6 Å². The van der Waals surface area contributed by atoms with Crippen LogP contribution >= 0.6 is 12.6 Å². The van der Waals surface area contributed by atoms with Crippen molar-refractivity contribution in [3.8, 4) is 0 Å². The molecule has 0 saturated heterocycles. The van der Waals surface area contributed by atoms with Crippen LogP contribution in [0, 0.1) is 0 Å². The maximum Gasteiger partial charge on any atom is 0.206 e. The summed E-state index contributed by atoms with van der Waals surface area (Å²) in [6.07, 6.45) is 0.760. The Kier molecular flexibility index (Phi) is 5.69. The number of nitrogens with two attached hydrogens (primary N) is 1. The summed E-state index contributed by atoms with van der Waals surface area (Å²) in [4.78, 5) is 4.87. The normalized spacial score (nSPS) is 15.6. The molecule has 0 aliphatic carbocycles. The number of nitrogens with one attached hydrogen (secondary N) is 2. The Morgan fingerprint density at radius 3 is 2.43 bits per heavy atom. The Morgan fingerprint density at radius 1 is 1.00 bits per heavy atom. The summed E-state index contributed by atoms with van der Waals surface area (Å²) in [5.74, 6) is 0.362. The molecule has 6 nitrogen and oxygen atoms in total. The van der Waals surface area contributed by atoms with E-state index in [1.165, 1.54) is 0 Å². The molecule has 0 fully saturated rings. The lowest BCUT2D eigenvalue weighted by molar-refractivity contribution is 0.596. The van der Waals surface area contributed by atoms with E-state index in [1.807, 2.05) is 30.3 Å². The summed E-state index contributed by atoms with van der Waals surface area (Å²) in [6.45, 7) is 0.708. The molecule has 1 atom stereocenters. The molecule has 3 aromatic rings. The first kappa shape index (κ1) is 20.3. The van der Waals surface area contributed by atoms with Gasteiger partial charge in [-0.15, -0.1) is 12.6 Å². The molecule has 0 aromatic heterocycles. The first-order valence-electron chi connectivity index (χ1n) is 9.49. The molecular weight excluding hydrogens is 416 g/mol. The number of fused-ring (bicyclic) bond motifs is 1. The SMILES string of the molecule is NC1=Nc2ccc(NCCc3ccc(S(=O)(=O)c4ccccc4)cc3)cc2C(S)N1. The second kappa shape index (κ2) is 8.41. The first-order chi connectivity index (χ1) is 14.4. The van der Waals surface area contributed by atoms with E-state index in [1.54, 1.807) is 42.5 Å². The molecule has 0 saturated carbocycles. The fourth-order valence-electron chi connectivity index (χ4n) is 3.29. The highest BCUT2D eigenvalue weighted by Gasteiger charge is 2.18. The highest BCUT2D eigenvalue weighted by atomic mass is 32.2. The number of nitrogens with zero attached hydrogens (tertiary/aromatic N) is 1. The lowest BCUT2D eigenvalue weighted by Gasteiger charge is -2.22. The summed E-state index contributed by atoms with van der Waals surface area (Å²) in [7, 11) is -3.49. The van der Waals surface area contributed by atoms with Crippen LogP contribution in [0.1, 0.15) is 16.5 Å². The molecule has 1 unspecified atom stereocenters. The predicted molar refractivity (Wildman–Crippen MR) is 123 cm³/mol. The maximum atomic E-state index is 12.7. The van der Waals surface area contributed by atoms with Gasteiger partial charge in [-0.25, -0.2) is 13.4 Å². The smallest absolute Gasteiger partial charge is 0.206 e. The second-order valence-corrected chi connectivity index (χ2v) is 9.42. The third kappa shape index (κ3) is 4.29. The molecule has 0 amide bonds. The van der Waals surface area contributed by atoms with Crippen molar-refractivity contribution in [1.29, 1.82) is 0 Å². The van der Waals surface area contributed by atoms with Crippen molar-refractivity contribution in [1.82, 2.24) is 5.32 Å². The summed E-state index contributed by atoms with van der Waals surface area (Å²) in [5, 5.41) is 6.18. The Labute approximate surface area is 181 Å². The largest absolute Gasteiger partial charge is 0.385 e. The number of hydrogen-bond acceptors (Lipinski definition) is 7. The van der Waals surface area contributed by atoms with Crippen LogP contribution in [0.4, 0.5) is 11.4 Å². The van der Waals surface area contributed by atoms with Crippen LogP contribution in [0.3, 0.4) is 0 Å². The van der Waals surface area contributed by atoms with Crippen LogP contribution in [-0.2, 0) is 16.3 Å². The molecule has 4 rings (SSSR count). The zero-order valence-electron chi connectivity index (χ0n) is 16.1. The molecule has 154 valence electrons. The predicted octanol–water partition coefficient (Wildman–Crippen LogP) is 3.65. The zero-order valence-corrected chi connectivity index (χ0v) is 17.8. The van der Waals surface area contributed by atoms with E-state index in [9.17, 15) is 8.42 Å². The van der Waals surface area contributed by atoms with Crippen molar-refractivity contribution in [3.05, 3.63) is 83.9 Å². The molecule has 3 aromatic carbocycles. The highest BCUT2D eigenvalue weighted by molar-refractivity contribution is 7.91. The second-order valence-electron chi connectivity index (χ2n) is 6.95. The van der Waals surface area contributed by atoms with Gasteiger partial charge in [0.15, 0.2) is 5.96 Å². The molecule has 0 spiro atoms. The number of anilines is 1. The standard InChI is InChI=1S/C22H22N4O2S2/c23-22-25-20-11-8-16(14-19(20)21(29)26-22)24-13-12-15-6-9-18(10-7-15)30(27,28)17-4-2-1-3-5-17/h1-11,14,21,24,29H,12-13H2,(H3,23,25,26). The van der Waals surface area contributed by atoms with Crippen LogP contribution in [0.2, 0.25) is 0 Å². The fraction of sp³-hybridized carbons (Fsp3) is 0.136. The number of sulfone groups is 1. The number of aliphatic imine (C=N–C) groups is 1.